The van der Waals surface area contributed by atoms with Gasteiger partial charge in [-0.3, -0.25) is 0 Å². The highest BCUT2D eigenvalue weighted by Crippen LogP contribution is 2.16. The van der Waals surface area contributed by atoms with Crippen LogP contribution in [0.15, 0.2) is 18.2 Å². The standard InChI is InChI=1S/C10H10O4S/c11-9(12)7-2-1-3-8(10(13)14)6(7)4-5-15/h1-3,15H,4-5H2,(H,11,12)(H,13,14). The highest BCUT2D eigenvalue weighted by atomic mass is 32.1. The summed E-state index contributed by atoms with van der Waals surface area (Å²) in [7, 11) is 0. The predicted octanol–water partition coefficient (Wildman–Crippen LogP) is 1.56. The Labute approximate surface area is 92.0 Å². The molecule has 80 valence electrons. The lowest BCUT2D eigenvalue weighted by molar-refractivity contribution is 0.0695. The van der Waals surface area contributed by atoms with Crippen molar-refractivity contribution in [1.82, 2.24) is 0 Å². The Bertz CT molecular complexity index is 368. The van der Waals surface area contributed by atoms with Crippen molar-refractivity contribution in [3.8, 4) is 0 Å². The fourth-order valence-electron chi connectivity index (χ4n) is 1.37. The first-order valence-corrected chi connectivity index (χ1v) is 4.90. The zero-order valence-electron chi connectivity index (χ0n) is 7.80. The van der Waals surface area contributed by atoms with E-state index in [1.165, 1.54) is 18.2 Å². The summed E-state index contributed by atoms with van der Waals surface area (Å²) in [5, 5.41) is 17.8. The molecule has 0 spiro atoms. The first-order chi connectivity index (χ1) is 7.07. The maximum absolute atomic E-state index is 10.9. The molecule has 0 saturated carbocycles. The van der Waals surface area contributed by atoms with Crippen LogP contribution in [0.5, 0.6) is 0 Å². The van der Waals surface area contributed by atoms with E-state index in [1.807, 2.05) is 0 Å². The molecule has 15 heavy (non-hydrogen) atoms. The second kappa shape index (κ2) is 4.84. The molecule has 4 nitrogen and oxygen atoms in total. The molecule has 0 unspecified atom stereocenters. The Morgan fingerprint density at radius 3 is 1.93 bits per heavy atom. The minimum atomic E-state index is -1.12. The van der Waals surface area contributed by atoms with Crippen molar-refractivity contribution in [3.05, 3.63) is 34.9 Å². The average molecular weight is 226 g/mol. The fourth-order valence-corrected chi connectivity index (χ4v) is 1.59. The molecule has 0 aliphatic rings. The summed E-state index contributed by atoms with van der Waals surface area (Å²) in [6, 6.07) is 4.22. The van der Waals surface area contributed by atoms with Crippen LogP contribution in [0.3, 0.4) is 0 Å². The third-order valence-electron chi connectivity index (χ3n) is 2.00. The summed E-state index contributed by atoms with van der Waals surface area (Å²) >= 11 is 3.98. The van der Waals surface area contributed by atoms with Gasteiger partial charge in [-0.25, -0.2) is 9.59 Å². The Morgan fingerprint density at radius 2 is 1.60 bits per heavy atom. The van der Waals surface area contributed by atoms with Crippen LogP contribution >= 0.6 is 12.6 Å². The van der Waals surface area contributed by atoms with Crippen molar-refractivity contribution in [2.24, 2.45) is 0 Å². The SMILES string of the molecule is O=C(O)c1cccc(C(=O)O)c1CCS. The van der Waals surface area contributed by atoms with E-state index in [9.17, 15) is 9.59 Å². The van der Waals surface area contributed by atoms with Gasteiger partial charge in [0.25, 0.3) is 0 Å². The van der Waals surface area contributed by atoms with Crippen LogP contribution in [0.4, 0.5) is 0 Å². The molecular weight excluding hydrogens is 216 g/mol. The second-order valence-corrected chi connectivity index (χ2v) is 3.36. The van der Waals surface area contributed by atoms with Gasteiger partial charge in [0.1, 0.15) is 0 Å². The van der Waals surface area contributed by atoms with Gasteiger partial charge >= 0.3 is 11.9 Å². The number of hydrogen-bond donors (Lipinski definition) is 3. The van der Waals surface area contributed by atoms with E-state index >= 15 is 0 Å². The zero-order valence-corrected chi connectivity index (χ0v) is 8.70. The lowest BCUT2D eigenvalue weighted by Crippen LogP contribution is -2.10. The first-order valence-electron chi connectivity index (χ1n) is 4.27. The topological polar surface area (TPSA) is 74.6 Å². The van der Waals surface area contributed by atoms with Gasteiger partial charge in [0.15, 0.2) is 0 Å². The van der Waals surface area contributed by atoms with Crippen LogP contribution in [0.2, 0.25) is 0 Å². The van der Waals surface area contributed by atoms with Crippen LogP contribution in [0.25, 0.3) is 0 Å². The van der Waals surface area contributed by atoms with Crippen LogP contribution in [-0.2, 0) is 6.42 Å². The third kappa shape index (κ3) is 2.50. The van der Waals surface area contributed by atoms with Gasteiger partial charge in [-0.1, -0.05) is 6.07 Å². The Hall–Kier alpha value is -1.49. The summed E-state index contributed by atoms with van der Waals surface area (Å²) in [6.45, 7) is 0. The molecule has 0 radical (unpaired) electrons. The summed E-state index contributed by atoms with van der Waals surface area (Å²) in [5.74, 6) is -1.82. The van der Waals surface area contributed by atoms with Gasteiger partial charge in [0.2, 0.25) is 0 Å². The highest BCUT2D eigenvalue weighted by Gasteiger charge is 2.16. The molecule has 2 N–H and O–H groups in total. The lowest BCUT2D eigenvalue weighted by atomic mass is 9.99. The number of aromatic carboxylic acids is 2. The predicted molar refractivity (Wildman–Crippen MR) is 57.9 cm³/mol. The van der Waals surface area contributed by atoms with E-state index in [2.05, 4.69) is 12.6 Å². The van der Waals surface area contributed by atoms with Gasteiger partial charge in [0, 0.05) is 0 Å². The molecule has 0 heterocycles. The number of hydrogen-bond acceptors (Lipinski definition) is 3. The number of carboxylic acids is 2. The molecule has 0 aromatic heterocycles. The van der Waals surface area contributed by atoms with Crippen LogP contribution in [0, 0.1) is 0 Å². The summed E-state index contributed by atoms with van der Waals surface area (Å²) in [6.07, 6.45) is 0.327. The maximum Gasteiger partial charge on any atom is 0.335 e. The molecule has 0 atom stereocenters. The van der Waals surface area contributed by atoms with Crippen LogP contribution in [-0.4, -0.2) is 27.9 Å². The smallest absolute Gasteiger partial charge is 0.335 e. The van der Waals surface area contributed by atoms with Crippen molar-refractivity contribution in [2.75, 3.05) is 5.75 Å². The maximum atomic E-state index is 10.9. The van der Waals surface area contributed by atoms with Crippen molar-refractivity contribution in [2.45, 2.75) is 6.42 Å². The number of carboxylic acid groups (broad SMARTS) is 2. The summed E-state index contributed by atoms with van der Waals surface area (Å²) < 4.78 is 0. The Balaban J connectivity index is 3.34. The lowest BCUT2D eigenvalue weighted by Gasteiger charge is -2.07. The second-order valence-electron chi connectivity index (χ2n) is 2.92. The van der Waals surface area contributed by atoms with Crippen molar-refractivity contribution < 1.29 is 19.8 Å². The summed E-state index contributed by atoms with van der Waals surface area (Å²) in [5.41, 5.74) is 0.389. The molecule has 0 aliphatic heterocycles. The zero-order chi connectivity index (χ0) is 11.4. The molecule has 1 rings (SSSR count). The number of rotatable bonds is 4. The number of benzene rings is 1. The average Bonchev–Trinajstić information content (AvgIpc) is 2.17. The van der Waals surface area contributed by atoms with E-state index < -0.39 is 11.9 Å². The third-order valence-corrected chi connectivity index (χ3v) is 2.22. The minimum Gasteiger partial charge on any atom is -0.478 e. The van der Waals surface area contributed by atoms with Crippen LogP contribution < -0.4 is 0 Å². The van der Waals surface area contributed by atoms with Crippen molar-refractivity contribution in [3.63, 3.8) is 0 Å². The summed E-state index contributed by atoms with van der Waals surface area (Å²) in [4.78, 5) is 21.7. The number of carbonyl (C=O) groups is 2. The van der Waals surface area contributed by atoms with E-state index in [0.29, 0.717) is 17.7 Å². The van der Waals surface area contributed by atoms with Gasteiger partial charge in [-0.05, 0) is 29.9 Å². The van der Waals surface area contributed by atoms with Gasteiger partial charge in [-0.2, -0.15) is 12.6 Å². The van der Waals surface area contributed by atoms with Gasteiger partial charge in [0.05, 0.1) is 11.1 Å². The van der Waals surface area contributed by atoms with Crippen LogP contribution in [0.1, 0.15) is 26.3 Å². The highest BCUT2D eigenvalue weighted by molar-refractivity contribution is 7.80. The Kier molecular flexibility index (Phi) is 3.74. The molecule has 0 aliphatic carbocycles. The largest absolute Gasteiger partial charge is 0.478 e. The normalized spacial score (nSPS) is 9.93. The van der Waals surface area contributed by atoms with Crippen molar-refractivity contribution in [1.29, 1.82) is 0 Å². The van der Waals surface area contributed by atoms with Gasteiger partial charge in [-0.15, -0.1) is 0 Å². The molecule has 0 saturated heterocycles. The molecule has 0 amide bonds. The molecule has 1 aromatic rings. The quantitative estimate of drug-likeness (QED) is 0.681. The monoisotopic (exact) mass is 226 g/mol. The molecule has 1 aromatic carbocycles. The minimum absolute atomic E-state index is 0.0314. The van der Waals surface area contributed by atoms with E-state index in [0.717, 1.165) is 0 Å². The molecule has 0 bridgehead atoms. The molecule has 5 heteroatoms. The van der Waals surface area contributed by atoms with E-state index in [-0.39, 0.29) is 11.1 Å². The molecule has 0 fully saturated rings. The van der Waals surface area contributed by atoms with Crippen molar-refractivity contribution >= 4 is 24.6 Å². The van der Waals surface area contributed by atoms with E-state index in [1.54, 1.807) is 0 Å². The fraction of sp³-hybridized carbons (Fsp3) is 0.200. The Morgan fingerprint density at radius 1 is 1.13 bits per heavy atom. The van der Waals surface area contributed by atoms with E-state index in [4.69, 9.17) is 10.2 Å². The number of thiol groups is 1. The first kappa shape index (κ1) is 11.6. The molecular formula is C10H10O4S. The van der Waals surface area contributed by atoms with Gasteiger partial charge < -0.3 is 10.2 Å².